The van der Waals surface area contributed by atoms with Crippen LogP contribution in [0.5, 0.6) is 0 Å². The van der Waals surface area contributed by atoms with Crippen LogP contribution in [0.15, 0.2) is 42.5 Å². The molecule has 8 nitrogen and oxygen atoms in total. The van der Waals surface area contributed by atoms with Gasteiger partial charge in [-0.25, -0.2) is 14.6 Å². The van der Waals surface area contributed by atoms with Crippen molar-refractivity contribution in [1.82, 2.24) is 20.1 Å². The van der Waals surface area contributed by atoms with Crippen molar-refractivity contribution in [3.8, 4) is 0 Å². The van der Waals surface area contributed by atoms with Gasteiger partial charge in [-0.3, -0.25) is 0 Å². The lowest BCUT2D eigenvalue weighted by Crippen LogP contribution is -2.56. The summed E-state index contributed by atoms with van der Waals surface area (Å²) in [6, 6.07) is 15.0. The lowest BCUT2D eigenvalue weighted by atomic mass is 10.1. The van der Waals surface area contributed by atoms with E-state index in [2.05, 4.69) is 22.3 Å². The molecule has 3 fully saturated rings. The number of amides is 3. The number of hydrogen-bond acceptors (Lipinski definition) is 5. The number of anilines is 1. The molecule has 2 atom stereocenters. The molecule has 2 bridgehead atoms. The lowest BCUT2D eigenvalue weighted by Gasteiger charge is -2.41. The number of benzene rings is 1. The second-order valence-electron chi connectivity index (χ2n) is 10.6. The standard InChI is InChI=1S/C28H35N5O3/c34-27(29-22-8-4-5-9-22)31-15-14-25-21(16-31)10-13-26(30-25)33-23-11-12-24(33)18-32(17-23)28(35)36-19-20-6-2-1-3-7-20/h1-3,6-7,10,13,22-24H,4-5,8-9,11-12,14-19H2,(H,29,34). The minimum atomic E-state index is -0.232. The highest BCUT2D eigenvalue weighted by Gasteiger charge is 2.42. The molecule has 4 aliphatic rings. The van der Waals surface area contributed by atoms with Crippen molar-refractivity contribution in [2.75, 3.05) is 24.5 Å². The number of pyridine rings is 1. The molecule has 1 aromatic heterocycles. The van der Waals surface area contributed by atoms with Crippen molar-refractivity contribution >= 4 is 17.9 Å². The van der Waals surface area contributed by atoms with Gasteiger partial charge < -0.3 is 24.8 Å². The second-order valence-corrected chi connectivity index (χ2v) is 10.6. The van der Waals surface area contributed by atoms with E-state index in [4.69, 9.17) is 9.72 Å². The van der Waals surface area contributed by atoms with Crippen LogP contribution in [0.1, 0.15) is 55.3 Å². The molecule has 2 saturated heterocycles. The van der Waals surface area contributed by atoms with Crippen molar-refractivity contribution in [3.05, 3.63) is 59.3 Å². The number of fused-ring (bicyclic) bond motifs is 3. The van der Waals surface area contributed by atoms with E-state index in [0.29, 0.717) is 38.8 Å². The normalized spacial score (nSPS) is 23.5. The van der Waals surface area contributed by atoms with Gasteiger partial charge in [0.05, 0.1) is 0 Å². The number of piperazine rings is 1. The third-order valence-corrected chi connectivity index (χ3v) is 8.21. The summed E-state index contributed by atoms with van der Waals surface area (Å²) < 4.78 is 5.59. The van der Waals surface area contributed by atoms with Crippen molar-refractivity contribution in [3.63, 3.8) is 0 Å². The number of nitrogens with zero attached hydrogens (tertiary/aromatic N) is 4. The number of carbonyl (C=O) groups excluding carboxylic acids is 2. The molecule has 1 aliphatic carbocycles. The van der Waals surface area contributed by atoms with E-state index in [1.54, 1.807) is 0 Å². The molecule has 36 heavy (non-hydrogen) atoms. The maximum atomic E-state index is 12.8. The van der Waals surface area contributed by atoms with Crippen molar-refractivity contribution in [2.24, 2.45) is 0 Å². The van der Waals surface area contributed by atoms with Crippen molar-refractivity contribution in [2.45, 2.75) is 76.2 Å². The van der Waals surface area contributed by atoms with Gasteiger partial charge in [-0.15, -0.1) is 0 Å². The molecule has 2 aromatic rings. The van der Waals surface area contributed by atoms with E-state index >= 15 is 0 Å². The number of nitrogens with one attached hydrogen (secondary N) is 1. The first-order chi connectivity index (χ1) is 17.6. The average molecular weight is 490 g/mol. The van der Waals surface area contributed by atoms with E-state index in [1.165, 1.54) is 12.8 Å². The summed E-state index contributed by atoms with van der Waals surface area (Å²) in [4.78, 5) is 36.7. The molecular weight excluding hydrogens is 454 g/mol. The van der Waals surface area contributed by atoms with Gasteiger partial charge in [0.2, 0.25) is 0 Å². The molecule has 4 heterocycles. The van der Waals surface area contributed by atoms with Crippen LogP contribution in [-0.2, 0) is 24.3 Å². The number of ether oxygens (including phenoxy) is 1. The Morgan fingerprint density at radius 2 is 1.69 bits per heavy atom. The fourth-order valence-corrected chi connectivity index (χ4v) is 6.29. The largest absolute Gasteiger partial charge is 0.445 e. The molecule has 6 rings (SSSR count). The minimum absolute atomic E-state index is 0.0601. The van der Waals surface area contributed by atoms with E-state index < -0.39 is 0 Å². The first-order valence-corrected chi connectivity index (χ1v) is 13.4. The maximum absolute atomic E-state index is 12.8. The first kappa shape index (κ1) is 23.1. The Morgan fingerprint density at radius 3 is 2.44 bits per heavy atom. The Hall–Kier alpha value is -3.29. The third-order valence-electron chi connectivity index (χ3n) is 8.21. The predicted molar refractivity (Wildman–Crippen MR) is 137 cm³/mol. The van der Waals surface area contributed by atoms with Crippen LogP contribution < -0.4 is 10.2 Å². The van der Waals surface area contributed by atoms with Gasteiger partial charge in [0, 0.05) is 56.4 Å². The Labute approximate surface area is 212 Å². The SMILES string of the molecule is O=C(NC1CCCC1)N1CCc2nc(N3C4CCC3CN(C(=O)OCc3ccccc3)C4)ccc2C1. The van der Waals surface area contributed by atoms with E-state index in [-0.39, 0.29) is 24.2 Å². The van der Waals surface area contributed by atoms with Gasteiger partial charge in [-0.2, -0.15) is 0 Å². The predicted octanol–water partition coefficient (Wildman–Crippen LogP) is 4.08. The molecule has 2 unspecified atom stereocenters. The minimum Gasteiger partial charge on any atom is -0.445 e. The summed E-state index contributed by atoms with van der Waals surface area (Å²) in [6.07, 6.45) is 7.29. The molecular formula is C28H35N5O3. The van der Waals surface area contributed by atoms with Crippen LogP contribution in [0.25, 0.3) is 0 Å². The molecule has 3 aliphatic heterocycles. The number of urea groups is 1. The molecule has 190 valence electrons. The van der Waals surface area contributed by atoms with E-state index in [9.17, 15) is 9.59 Å². The Bertz CT molecular complexity index is 1090. The van der Waals surface area contributed by atoms with Gasteiger partial charge in [0.25, 0.3) is 0 Å². The highest BCUT2D eigenvalue weighted by atomic mass is 16.6. The lowest BCUT2D eigenvalue weighted by molar-refractivity contribution is 0.0880. The fraction of sp³-hybridized carbons (Fsp3) is 0.536. The summed E-state index contributed by atoms with van der Waals surface area (Å²) in [5.41, 5.74) is 3.24. The van der Waals surface area contributed by atoms with E-state index in [1.807, 2.05) is 40.1 Å². The van der Waals surface area contributed by atoms with Gasteiger partial charge in [0.15, 0.2) is 0 Å². The van der Waals surface area contributed by atoms with Crippen LogP contribution in [0.3, 0.4) is 0 Å². The molecule has 1 aromatic carbocycles. The van der Waals surface area contributed by atoms with Crippen molar-refractivity contribution in [1.29, 1.82) is 0 Å². The Kier molecular flexibility index (Phi) is 6.42. The number of aromatic nitrogens is 1. The summed E-state index contributed by atoms with van der Waals surface area (Å²) in [7, 11) is 0. The number of likely N-dealkylation sites (tertiary alicyclic amines) is 1. The first-order valence-electron chi connectivity index (χ1n) is 13.4. The zero-order valence-corrected chi connectivity index (χ0v) is 20.8. The van der Waals surface area contributed by atoms with Crippen LogP contribution in [-0.4, -0.2) is 64.7 Å². The number of hydrogen-bond donors (Lipinski definition) is 1. The monoisotopic (exact) mass is 489 g/mol. The second kappa shape index (κ2) is 9.99. The molecule has 1 saturated carbocycles. The fourth-order valence-electron chi connectivity index (χ4n) is 6.29. The van der Waals surface area contributed by atoms with Crippen LogP contribution >= 0.6 is 0 Å². The zero-order chi connectivity index (χ0) is 24.5. The maximum Gasteiger partial charge on any atom is 0.410 e. The average Bonchev–Trinajstić information content (AvgIpc) is 3.52. The van der Waals surface area contributed by atoms with Gasteiger partial charge in [0.1, 0.15) is 12.4 Å². The summed E-state index contributed by atoms with van der Waals surface area (Å²) in [6.45, 7) is 2.96. The molecule has 1 N–H and O–H groups in total. The van der Waals surface area contributed by atoms with Gasteiger partial charge in [-0.05, 0) is 42.9 Å². The van der Waals surface area contributed by atoms with Gasteiger partial charge >= 0.3 is 12.1 Å². The van der Waals surface area contributed by atoms with Crippen LogP contribution in [0.4, 0.5) is 15.4 Å². The summed E-state index contributed by atoms with van der Waals surface area (Å²) in [5.74, 6) is 1.00. The smallest absolute Gasteiger partial charge is 0.410 e. The topological polar surface area (TPSA) is 78.0 Å². The summed E-state index contributed by atoms with van der Waals surface area (Å²) >= 11 is 0. The quantitative estimate of drug-likeness (QED) is 0.700. The summed E-state index contributed by atoms with van der Waals surface area (Å²) in [5, 5.41) is 3.21. The van der Waals surface area contributed by atoms with Crippen LogP contribution in [0, 0.1) is 0 Å². The molecule has 8 heteroatoms. The molecule has 3 amide bonds. The number of carbonyl (C=O) groups is 2. The van der Waals surface area contributed by atoms with Crippen molar-refractivity contribution < 1.29 is 14.3 Å². The van der Waals surface area contributed by atoms with E-state index in [0.717, 1.165) is 54.7 Å². The highest BCUT2D eigenvalue weighted by molar-refractivity contribution is 5.75. The zero-order valence-electron chi connectivity index (χ0n) is 20.8. The van der Waals surface area contributed by atoms with Crippen LogP contribution in [0.2, 0.25) is 0 Å². The third kappa shape index (κ3) is 4.73. The Balaban J connectivity index is 1.07. The van der Waals surface area contributed by atoms with Gasteiger partial charge in [-0.1, -0.05) is 49.2 Å². The molecule has 0 spiro atoms. The highest BCUT2D eigenvalue weighted by Crippen LogP contribution is 2.35. The molecule has 0 radical (unpaired) electrons. The Morgan fingerprint density at radius 1 is 0.944 bits per heavy atom. The number of rotatable bonds is 4.